The molecule has 0 aliphatic heterocycles. The molecule has 0 spiro atoms. The zero-order valence-corrected chi connectivity index (χ0v) is 22.2. The van der Waals surface area contributed by atoms with E-state index in [2.05, 4.69) is 10.3 Å². The molecule has 1 saturated carbocycles. The Hall–Kier alpha value is -5.03. The predicted molar refractivity (Wildman–Crippen MR) is 152 cm³/mol. The third kappa shape index (κ3) is 5.52. The lowest BCUT2D eigenvalue weighted by Crippen LogP contribution is -2.41. The molecule has 4 aromatic rings. The van der Waals surface area contributed by atoms with Gasteiger partial charge in [-0.15, -0.1) is 0 Å². The summed E-state index contributed by atoms with van der Waals surface area (Å²) < 4.78 is 24.8. The van der Waals surface area contributed by atoms with Crippen molar-refractivity contribution in [3.63, 3.8) is 0 Å². The Morgan fingerprint density at radius 1 is 1.00 bits per heavy atom. The number of primary amides is 2. The van der Waals surface area contributed by atoms with Crippen molar-refractivity contribution in [1.29, 1.82) is 0 Å². The molecule has 0 radical (unpaired) electrons. The molecule has 1 aromatic heterocycles. The number of nitrogens with one attached hydrogen (secondary N) is 1. The molecule has 3 amide bonds. The van der Waals surface area contributed by atoms with Gasteiger partial charge >= 0.3 is 0 Å². The number of rotatable bonds is 11. The van der Waals surface area contributed by atoms with Crippen molar-refractivity contribution >= 4 is 45.7 Å². The zero-order chi connectivity index (χ0) is 29.1. The third-order valence-electron chi connectivity index (χ3n) is 6.97. The second kappa shape index (κ2) is 11.2. The highest BCUT2D eigenvalue weighted by Gasteiger charge is 2.57. The van der Waals surface area contributed by atoms with Gasteiger partial charge in [-0.25, -0.2) is 4.39 Å². The molecule has 5 rings (SSSR count). The second-order valence-corrected chi connectivity index (χ2v) is 9.67. The number of fused-ring (bicyclic) bond motifs is 1. The number of aromatic nitrogens is 1. The van der Waals surface area contributed by atoms with Crippen LogP contribution in [0.1, 0.15) is 23.2 Å². The maximum atomic E-state index is 13.6. The minimum absolute atomic E-state index is 0.277. The molecule has 5 N–H and O–H groups in total. The van der Waals surface area contributed by atoms with Crippen LogP contribution in [0.25, 0.3) is 10.9 Å². The number of ether oxygens (including phenoxy) is 2. The fourth-order valence-electron chi connectivity index (χ4n) is 4.56. The summed E-state index contributed by atoms with van der Waals surface area (Å²) in [6.07, 6.45) is 2.29. The first-order valence-corrected chi connectivity index (χ1v) is 12.9. The van der Waals surface area contributed by atoms with Crippen molar-refractivity contribution in [2.75, 3.05) is 30.5 Å². The summed E-state index contributed by atoms with van der Waals surface area (Å²) >= 11 is 0. The Bertz CT molecular complexity index is 1620. The van der Waals surface area contributed by atoms with E-state index in [1.807, 2.05) is 0 Å². The Balaban J connectivity index is 1.46. The number of halogens is 1. The lowest BCUT2D eigenvalue weighted by Gasteiger charge is -2.26. The molecule has 0 bridgehead atoms. The van der Waals surface area contributed by atoms with Crippen LogP contribution in [0.2, 0.25) is 0 Å². The first kappa shape index (κ1) is 27.5. The van der Waals surface area contributed by atoms with Crippen LogP contribution in [0.5, 0.6) is 11.5 Å². The summed E-state index contributed by atoms with van der Waals surface area (Å²) in [4.78, 5) is 43.6. The van der Waals surface area contributed by atoms with Gasteiger partial charge in [0.15, 0.2) is 0 Å². The van der Waals surface area contributed by atoms with Gasteiger partial charge < -0.3 is 26.3 Å². The zero-order valence-electron chi connectivity index (χ0n) is 22.2. The predicted octanol–water partition coefficient (Wildman–Crippen LogP) is 4.25. The highest BCUT2D eigenvalue weighted by atomic mass is 19.1. The molecule has 210 valence electrons. The van der Waals surface area contributed by atoms with Crippen molar-refractivity contribution in [3.8, 4) is 11.5 Å². The Morgan fingerprint density at radius 3 is 2.24 bits per heavy atom. The van der Waals surface area contributed by atoms with E-state index in [1.165, 1.54) is 29.2 Å². The van der Waals surface area contributed by atoms with E-state index in [9.17, 15) is 18.8 Å². The monoisotopic (exact) mass is 557 g/mol. The molecule has 1 aliphatic rings. The van der Waals surface area contributed by atoms with Gasteiger partial charge in [0.2, 0.25) is 11.8 Å². The van der Waals surface area contributed by atoms with E-state index in [0.717, 1.165) is 0 Å². The van der Waals surface area contributed by atoms with Crippen LogP contribution in [-0.2, 0) is 14.3 Å². The number of benzene rings is 3. The molecule has 11 heteroatoms. The van der Waals surface area contributed by atoms with Crippen LogP contribution < -0.4 is 26.4 Å². The normalized spacial score (nSPS) is 13.4. The first-order chi connectivity index (χ1) is 19.7. The van der Waals surface area contributed by atoms with Gasteiger partial charge in [-0.1, -0.05) is 0 Å². The van der Waals surface area contributed by atoms with Crippen LogP contribution in [0.4, 0.5) is 21.5 Å². The van der Waals surface area contributed by atoms with Crippen LogP contribution in [0.15, 0.2) is 72.9 Å². The number of carbonyl (C=O) groups excluding carboxylic acids is 3. The molecule has 1 fully saturated rings. The topological polar surface area (TPSA) is 150 Å². The van der Waals surface area contributed by atoms with E-state index in [0.29, 0.717) is 65.5 Å². The molecule has 41 heavy (non-hydrogen) atoms. The molecule has 0 unspecified atom stereocenters. The third-order valence-corrected chi connectivity index (χ3v) is 6.97. The van der Waals surface area contributed by atoms with E-state index in [-0.39, 0.29) is 5.56 Å². The van der Waals surface area contributed by atoms with E-state index in [1.54, 1.807) is 55.8 Å². The van der Waals surface area contributed by atoms with E-state index in [4.69, 9.17) is 20.9 Å². The van der Waals surface area contributed by atoms with Gasteiger partial charge in [0.1, 0.15) is 22.7 Å². The smallest absolute Gasteiger partial charge is 0.250 e. The van der Waals surface area contributed by atoms with Crippen molar-refractivity contribution in [1.82, 2.24) is 4.98 Å². The summed E-state index contributed by atoms with van der Waals surface area (Å²) in [6, 6.07) is 17.0. The SMILES string of the molecule is COCCNc1cc2nccc(Oc3ccc(N(C(=O)C4(C(N)=O)CC4)c4ccc(F)cc4)cc3)c2cc1C(N)=O. The van der Waals surface area contributed by atoms with Gasteiger partial charge in [-0.3, -0.25) is 24.3 Å². The number of carbonyl (C=O) groups is 3. The average molecular weight is 558 g/mol. The molecule has 0 atom stereocenters. The highest BCUT2D eigenvalue weighted by Crippen LogP contribution is 2.49. The number of amides is 3. The Kier molecular flexibility index (Phi) is 7.54. The number of nitrogens with zero attached hydrogens (tertiary/aromatic N) is 2. The van der Waals surface area contributed by atoms with Crippen molar-refractivity contribution in [3.05, 3.63) is 84.3 Å². The van der Waals surface area contributed by atoms with E-state index < -0.39 is 29.0 Å². The van der Waals surface area contributed by atoms with Crippen molar-refractivity contribution in [2.45, 2.75) is 12.8 Å². The first-order valence-electron chi connectivity index (χ1n) is 12.9. The Labute approximate surface area is 235 Å². The number of hydrogen-bond acceptors (Lipinski definition) is 7. The molecule has 1 aliphatic carbocycles. The highest BCUT2D eigenvalue weighted by molar-refractivity contribution is 6.16. The molecular weight excluding hydrogens is 529 g/mol. The molecule has 10 nitrogen and oxygen atoms in total. The lowest BCUT2D eigenvalue weighted by molar-refractivity contribution is -0.133. The fourth-order valence-corrected chi connectivity index (χ4v) is 4.56. The fraction of sp³-hybridized carbons (Fsp3) is 0.200. The van der Waals surface area contributed by atoms with Crippen LogP contribution in [0, 0.1) is 11.2 Å². The van der Waals surface area contributed by atoms with Crippen molar-refractivity contribution < 1.29 is 28.2 Å². The molecule has 1 heterocycles. The molecule has 3 aromatic carbocycles. The van der Waals surface area contributed by atoms with Crippen LogP contribution >= 0.6 is 0 Å². The number of pyridine rings is 1. The summed E-state index contributed by atoms with van der Waals surface area (Å²) in [5, 5.41) is 3.70. The summed E-state index contributed by atoms with van der Waals surface area (Å²) in [7, 11) is 1.58. The summed E-state index contributed by atoms with van der Waals surface area (Å²) in [6.45, 7) is 0.916. The van der Waals surface area contributed by atoms with Crippen LogP contribution in [-0.4, -0.2) is 43.0 Å². The number of anilines is 3. The maximum Gasteiger partial charge on any atom is 0.250 e. The number of nitrogens with two attached hydrogens (primary N) is 2. The quantitative estimate of drug-likeness (QED) is 0.184. The Morgan fingerprint density at radius 2 is 1.66 bits per heavy atom. The molecule has 0 saturated heterocycles. The minimum atomic E-state index is -1.28. The summed E-state index contributed by atoms with van der Waals surface area (Å²) in [5.74, 6) is -1.35. The minimum Gasteiger partial charge on any atom is -0.457 e. The number of methoxy groups -OCH3 is 1. The maximum absolute atomic E-state index is 13.6. The summed E-state index contributed by atoms with van der Waals surface area (Å²) in [5.41, 5.74) is 12.2. The largest absolute Gasteiger partial charge is 0.457 e. The van der Waals surface area contributed by atoms with Crippen LogP contribution in [0.3, 0.4) is 0 Å². The van der Waals surface area contributed by atoms with Crippen molar-refractivity contribution in [2.24, 2.45) is 16.9 Å². The lowest BCUT2D eigenvalue weighted by atomic mass is 10.0. The van der Waals surface area contributed by atoms with Gasteiger partial charge in [0.05, 0.1) is 17.7 Å². The number of hydrogen-bond donors (Lipinski definition) is 3. The van der Waals surface area contributed by atoms with E-state index >= 15 is 0 Å². The van der Waals surface area contributed by atoms with Gasteiger partial charge in [-0.2, -0.15) is 0 Å². The van der Waals surface area contributed by atoms with Gasteiger partial charge in [-0.05, 0) is 79.6 Å². The van der Waals surface area contributed by atoms with Gasteiger partial charge in [0, 0.05) is 42.3 Å². The average Bonchev–Trinajstić information content (AvgIpc) is 3.77. The standard InChI is InChI=1S/C30H28FN5O5/c1-40-15-14-35-25-17-24-22(16-23(25)27(32)37)26(10-13-34-24)41-21-8-6-20(7-9-21)36(19-4-2-18(31)3-5-19)29(39)30(11-12-30)28(33)38/h2-10,13,16-17,35H,11-12,14-15H2,1H3,(H2,32,37)(H2,33,38). The molecular formula is C30H28FN5O5. The second-order valence-electron chi connectivity index (χ2n) is 9.67. The van der Waals surface area contributed by atoms with Gasteiger partial charge in [0.25, 0.3) is 5.91 Å².